The minimum absolute atomic E-state index is 0.187. The summed E-state index contributed by atoms with van der Waals surface area (Å²) in [7, 11) is -2.05. The van der Waals surface area contributed by atoms with Crippen LogP contribution in [0, 0.1) is 5.82 Å². The molecule has 0 aliphatic carbocycles. The fraction of sp³-hybridized carbons (Fsp3) is 0.304. The lowest BCUT2D eigenvalue weighted by molar-refractivity contribution is -0.131. The molecule has 0 saturated carbocycles. The summed E-state index contributed by atoms with van der Waals surface area (Å²) in [5.41, 5.74) is 1.37. The lowest BCUT2D eigenvalue weighted by atomic mass is 10.1. The second-order valence-corrected chi connectivity index (χ2v) is 17.0. The number of allylic oxidation sites excluding steroid dienone is 1. The van der Waals surface area contributed by atoms with E-state index in [0.29, 0.717) is 16.8 Å². The molecule has 0 spiro atoms. The highest BCUT2D eigenvalue weighted by molar-refractivity contribution is 8.32. The van der Waals surface area contributed by atoms with Crippen molar-refractivity contribution in [2.75, 3.05) is 42.9 Å². The Kier molecular flexibility index (Phi) is 7.09. The zero-order valence-corrected chi connectivity index (χ0v) is 20.1. The maximum absolute atomic E-state index is 14.5. The molecule has 0 fully saturated rings. The van der Waals surface area contributed by atoms with E-state index >= 15 is 0 Å². The second kappa shape index (κ2) is 8.86. The van der Waals surface area contributed by atoms with Crippen LogP contribution in [0.5, 0.6) is 0 Å². The van der Waals surface area contributed by atoms with E-state index in [1.54, 1.807) is 6.07 Å². The first kappa shape index (κ1) is 24.0. The van der Waals surface area contributed by atoms with Crippen LogP contribution in [-0.4, -0.2) is 54.5 Å². The Hall–Kier alpha value is -2.25. The van der Waals surface area contributed by atoms with E-state index in [1.165, 1.54) is 19.1 Å². The van der Waals surface area contributed by atoms with Crippen molar-refractivity contribution in [1.82, 2.24) is 0 Å². The van der Waals surface area contributed by atoms with Crippen molar-refractivity contribution in [3.05, 3.63) is 59.4 Å². The van der Waals surface area contributed by atoms with E-state index in [4.69, 9.17) is 5.11 Å². The zero-order valence-electron chi connectivity index (χ0n) is 18.5. The Balaban J connectivity index is 2.38. The van der Waals surface area contributed by atoms with Crippen molar-refractivity contribution in [2.24, 2.45) is 0 Å². The summed E-state index contributed by atoms with van der Waals surface area (Å²) in [6, 6.07) is 10.3. The number of carboxylic acids is 1. The number of carboxylic acid groups (broad SMARTS) is 1. The van der Waals surface area contributed by atoms with E-state index in [-0.39, 0.29) is 11.5 Å². The Morgan fingerprint density at radius 3 is 1.90 bits per heavy atom. The number of carbonyl (C=O) groups is 2. The van der Waals surface area contributed by atoms with Gasteiger partial charge in [-0.05, 0) is 96.2 Å². The molecule has 0 heterocycles. The van der Waals surface area contributed by atoms with Gasteiger partial charge in [0, 0.05) is 22.9 Å². The number of nitrogens with one attached hydrogen (secondary N) is 1. The highest BCUT2D eigenvalue weighted by atomic mass is 32.3. The first-order valence-corrected chi connectivity index (χ1v) is 14.9. The second-order valence-electron chi connectivity index (χ2n) is 8.68. The number of anilines is 1. The normalized spacial score (nSPS) is 13.7. The van der Waals surface area contributed by atoms with Crippen LogP contribution in [0.25, 0.3) is 5.57 Å². The standard InChI is InChI=1S/C23H30FNO3S2/c1-15(10-22(26)27)20-9-8-17(13-21(20)24)25-23(28)16-11-18(29(2,3)4)14-19(12-16)30(5,6)7/h8-14H,1-7H3,(H,25,28)(H,26,27)/b15-10+. The van der Waals surface area contributed by atoms with Crippen LogP contribution >= 0.6 is 20.1 Å². The van der Waals surface area contributed by atoms with Gasteiger partial charge in [0.25, 0.3) is 5.91 Å². The van der Waals surface area contributed by atoms with Gasteiger partial charge < -0.3 is 10.4 Å². The largest absolute Gasteiger partial charge is 0.478 e. The molecule has 164 valence electrons. The number of rotatable bonds is 6. The maximum atomic E-state index is 14.5. The number of hydrogen-bond acceptors (Lipinski definition) is 2. The third-order valence-electron chi connectivity index (χ3n) is 4.55. The molecule has 2 N–H and O–H groups in total. The van der Waals surface area contributed by atoms with E-state index < -0.39 is 31.8 Å². The highest BCUT2D eigenvalue weighted by Gasteiger charge is 2.19. The van der Waals surface area contributed by atoms with E-state index in [0.717, 1.165) is 15.9 Å². The zero-order chi connectivity index (χ0) is 22.9. The smallest absolute Gasteiger partial charge is 0.328 e. The third kappa shape index (κ3) is 6.12. The van der Waals surface area contributed by atoms with Gasteiger partial charge in [0.1, 0.15) is 5.82 Å². The quantitative estimate of drug-likeness (QED) is 0.556. The van der Waals surface area contributed by atoms with Gasteiger partial charge in [0.15, 0.2) is 0 Å². The van der Waals surface area contributed by atoms with Gasteiger partial charge in [-0.15, -0.1) is 0 Å². The van der Waals surface area contributed by atoms with E-state index in [2.05, 4.69) is 48.9 Å². The topological polar surface area (TPSA) is 66.4 Å². The lowest BCUT2D eigenvalue weighted by Crippen LogP contribution is -2.13. The molecule has 0 bridgehead atoms. The molecule has 2 aromatic carbocycles. The van der Waals surface area contributed by atoms with Gasteiger partial charge in [-0.1, -0.05) is 0 Å². The first-order chi connectivity index (χ1) is 13.7. The number of carbonyl (C=O) groups excluding carboxylic acids is 1. The molecular formula is C23H30FNO3S2. The SMILES string of the molecule is C/C(=C\C(=O)O)c1ccc(NC(=O)c2cc(S(C)(C)C)cc(S(C)(C)C)c2)cc1F. The predicted molar refractivity (Wildman–Crippen MR) is 129 cm³/mol. The molecule has 7 heteroatoms. The maximum Gasteiger partial charge on any atom is 0.328 e. The van der Waals surface area contributed by atoms with Crippen LogP contribution in [0.3, 0.4) is 0 Å². The minimum atomic E-state index is -1.14. The third-order valence-corrected chi connectivity index (χ3v) is 7.85. The average molecular weight is 452 g/mol. The van der Waals surface area contributed by atoms with Crippen LogP contribution in [0.2, 0.25) is 0 Å². The summed E-state index contributed by atoms with van der Waals surface area (Å²) >= 11 is 0. The van der Waals surface area contributed by atoms with Gasteiger partial charge in [0.05, 0.1) is 0 Å². The fourth-order valence-corrected chi connectivity index (χ4v) is 4.79. The number of hydrogen-bond donors (Lipinski definition) is 2. The summed E-state index contributed by atoms with van der Waals surface area (Å²) in [6.07, 6.45) is 14.1. The van der Waals surface area contributed by atoms with Crippen molar-refractivity contribution >= 4 is 43.2 Å². The fourth-order valence-electron chi connectivity index (χ4n) is 2.79. The number of halogens is 1. The molecular weight excluding hydrogens is 421 g/mol. The van der Waals surface area contributed by atoms with E-state index in [9.17, 15) is 14.0 Å². The van der Waals surface area contributed by atoms with Crippen molar-refractivity contribution in [1.29, 1.82) is 0 Å². The van der Waals surface area contributed by atoms with Gasteiger partial charge in [0.2, 0.25) is 0 Å². The summed E-state index contributed by atoms with van der Waals surface area (Å²) in [4.78, 5) is 26.1. The van der Waals surface area contributed by atoms with Gasteiger partial charge in [-0.25, -0.2) is 29.2 Å². The molecule has 0 unspecified atom stereocenters. The number of amides is 1. The van der Waals surface area contributed by atoms with Crippen molar-refractivity contribution in [3.8, 4) is 0 Å². The molecule has 1 amide bonds. The van der Waals surface area contributed by atoms with Crippen molar-refractivity contribution in [3.63, 3.8) is 0 Å². The molecule has 0 radical (unpaired) electrons. The molecule has 30 heavy (non-hydrogen) atoms. The summed E-state index contributed by atoms with van der Waals surface area (Å²) in [6.45, 7) is 1.53. The molecule has 0 atom stereocenters. The Morgan fingerprint density at radius 1 is 0.933 bits per heavy atom. The highest BCUT2D eigenvalue weighted by Crippen LogP contribution is 2.51. The Labute approximate surface area is 181 Å². The average Bonchev–Trinajstić information content (AvgIpc) is 2.59. The molecule has 0 aromatic heterocycles. The first-order valence-electron chi connectivity index (χ1n) is 9.23. The van der Waals surface area contributed by atoms with Gasteiger partial charge >= 0.3 is 5.97 Å². The monoisotopic (exact) mass is 451 g/mol. The molecule has 2 rings (SSSR count). The minimum Gasteiger partial charge on any atom is -0.478 e. The predicted octanol–water partition coefficient (Wildman–Crippen LogP) is 5.67. The Bertz CT molecular complexity index is 986. The Morgan fingerprint density at radius 2 is 1.47 bits per heavy atom. The number of aliphatic carboxylic acids is 1. The van der Waals surface area contributed by atoms with Crippen molar-refractivity contribution < 1.29 is 19.1 Å². The summed E-state index contributed by atoms with van der Waals surface area (Å²) < 4.78 is 14.5. The molecule has 4 nitrogen and oxygen atoms in total. The molecule has 0 aliphatic rings. The van der Waals surface area contributed by atoms with Crippen LogP contribution in [0.15, 0.2) is 52.3 Å². The van der Waals surface area contributed by atoms with Gasteiger partial charge in [-0.3, -0.25) is 4.79 Å². The van der Waals surface area contributed by atoms with Gasteiger partial charge in [-0.2, -0.15) is 0 Å². The number of benzene rings is 2. The van der Waals surface area contributed by atoms with Crippen molar-refractivity contribution in [2.45, 2.75) is 16.7 Å². The molecule has 2 aromatic rings. The summed E-state index contributed by atoms with van der Waals surface area (Å²) in [5, 5.41) is 11.6. The van der Waals surface area contributed by atoms with Crippen LogP contribution in [0.4, 0.5) is 10.1 Å². The summed E-state index contributed by atoms with van der Waals surface area (Å²) in [5.74, 6) is -2.02. The molecule has 0 aliphatic heterocycles. The van der Waals surface area contributed by atoms with Crippen LogP contribution < -0.4 is 5.32 Å². The van der Waals surface area contributed by atoms with E-state index in [1.807, 2.05) is 12.1 Å². The van der Waals surface area contributed by atoms with Crippen LogP contribution in [-0.2, 0) is 4.79 Å². The molecule has 0 saturated heterocycles. The van der Waals surface area contributed by atoms with Crippen LogP contribution in [0.1, 0.15) is 22.8 Å². The lowest BCUT2D eigenvalue weighted by Gasteiger charge is -2.31.